The molecule has 3 heteroatoms. The minimum Gasteiger partial charge on any atom is -0.497 e. The summed E-state index contributed by atoms with van der Waals surface area (Å²) in [7, 11) is 1.72. The van der Waals surface area contributed by atoms with Crippen molar-refractivity contribution >= 4 is 5.69 Å². The van der Waals surface area contributed by atoms with Gasteiger partial charge in [-0.2, -0.15) is 0 Å². The minimum absolute atomic E-state index is 0.706. The van der Waals surface area contributed by atoms with E-state index in [9.17, 15) is 0 Å². The Kier molecular flexibility index (Phi) is 6.20. The van der Waals surface area contributed by atoms with Crippen LogP contribution in [-0.2, 0) is 6.42 Å². The SMILES string of the molecule is COc1ccc(CC[C@@H](C)[NH+]2CCN(c3cccc(C)c3C)CC2)cc1. The van der Waals surface area contributed by atoms with E-state index in [2.05, 4.69) is 68.1 Å². The summed E-state index contributed by atoms with van der Waals surface area (Å²) in [5, 5.41) is 0. The van der Waals surface area contributed by atoms with Crippen molar-refractivity contribution in [1.82, 2.24) is 0 Å². The molecule has 0 saturated carbocycles. The number of quaternary nitrogens is 1. The molecule has 1 N–H and O–H groups in total. The second kappa shape index (κ2) is 8.59. The third kappa shape index (κ3) is 4.39. The van der Waals surface area contributed by atoms with Gasteiger partial charge >= 0.3 is 0 Å². The van der Waals surface area contributed by atoms with Crippen LogP contribution in [0.15, 0.2) is 42.5 Å². The quantitative estimate of drug-likeness (QED) is 0.860. The number of nitrogens with one attached hydrogen (secondary N) is 1. The maximum atomic E-state index is 5.24. The van der Waals surface area contributed by atoms with Gasteiger partial charge in [0.2, 0.25) is 0 Å². The van der Waals surface area contributed by atoms with Gasteiger partial charge in [0.25, 0.3) is 0 Å². The van der Waals surface area contributed by atoms with Gasteiger partial charge in [0.05, 0.1) is 39.3 Å². The average Bonchev–Trinajstić information content (AvgIpc) is 2.69. The molecule has 1 atom stereocenters. The molecule has 0 aliphatic carbocycles. The predicted octanol–water partition coefficient (Wildman–Crippen LogP) is 3.04. The van der Waals surface area contributed by atoms with E-state index in [0.717, 1.165) is 25.3 Å². The number of ether oxygens (including phenoxy) is 1. The van der Waals surface area contributed by atoms with Gasteiger partial charge in [-0.3, -0.25) is 0 Å². The van der Waals surface area contributed by atoms with Crippen LogP contribution in [0.25, 0.3) is 0 Å². The molecule has 26 heavy (non-hydrogen) atoms. The summed E-state index contributed by atoms with van der Waals surface area (Å²) in [6, 6.07) is 15.9. The van der Waals surface area contributed by atoms with Crippen molar-refractivity contribution in [3.8, 4) is 5.75 Å². The third-order valence-electron chi connectivity index (χ3n) is 6.04. The Morgan fingerprint density at radius 3 is 2.38 bits per heavy atom. The lowest BCUT2D eigenvalue weighted by atomic mass is 10.0. The number of hydrogen-bond acceptors (Lipinski definition) is 2. The van der Waals surface area contributed by atoms with Gasteiger partial charge in [-0.1, -0.05) is 24.3 Å². The lowest BCUT2D eigenvalue weighted by Crippen LogP contribution is -3.18. The summed E-state index contributed by atoms with van der Waals surface area (Å²) < 4.78 is 5.24. The third-order valence-corrected chi connectivity index (χ3v) is 6.04. The Morgan fingerprint density at radius 2 is 1.73 bits per heavy atom. The van der Waals surface area contributed by atoms with E-state index < -0.39 is 0 Å². The highest BCUT2D eigenvalue weighted by atomic mass is 16.5. The first-order valence-electron chi connectivity index (χ1n) is 9.87. The van der Waals surface area contributed by atoms with E-state index in [0.29, 0.717) is 6.04 Å². The lowest BCUT2D eigenvalue weighted by Gasteiger charge is -2.37. The molecule has 1 aliphatic heterocycles. The van der Waals surface area contributed by atoms with E-state index in [1.165, 1.54) is 41.9 Å². The van der Waals surface area contributed by atoms with Crippen molar-refractivity contribution in [2.24, 2.45) is 0 Å². The highest BCUT2D eigenvalue weighted by Crippen LogP contribution is 2.22. The second-order valence-electron chi connectivity index (χ2n) is 7.65. The van der Waals surface area contributed by atoms with E-state index in [4.69, 9.17) is 4.74 Å². The van der Waals surface area contributed by atoms with E-state index in [-0.39, 0.29) is 0 Å². The first-order chi connectivity index (χ1) is 12.6. The molecule has 0 bridgehead atoms. The van der Waals surface area contributed by atoms with Crippen LogP contribution in [0.4, 0.5) is 5.69 Å². The smallest absolute Gasteiger partial charge is 0.118 e. The van der Waals surface area contributed by atoms with Crippen LogP contribution in [0.2, 0.25) is 0 Å². The van der Waals surface area contributed by atoms with Crippen molar-refractivity contribution in [3.63, 3.8) is 0 Å². The molecule has 3 nitrogen and oxygen atoms in total. The number of hydrogen-bond donors (Lipinski definition) is 1. The Labute approximate surface area is 158 Å². The van der Waals surface area contributed by atoms with Crippen molar-refractivity contribution in [2.75, 3.05) is 38.2 Å². The molecule has 1 heterocycles. The van der Waals surface area contributed by atoms with E-state index in [1.54, 1.807) is 12.0 Å². The van der Waals surface area contributed by atoms with Crippen molar-refractivity contribution < 1.29 is 9.64 Å². The second-order valence-corrected chi connectivity index (χ2v) is 7.65. The number of methoxy groups -OCH3 is 1. The average molecular weight is 354 g/mol. The summed E-state index contributed by atoms with van der Waals surface area (Å²) in [5.74, 6) is 0.940. The highest BCUT2D eigenvalue weighted by Gasteiger charge is 2.25. The molecule has 2 aromatic carbocycles. The predicted molar refractivity (Wildman–Crippen MR) is 110 cm³/mol. The molecule has 0 radical (unpaired) electrons. The van der Waals surface area contributed by atoms with Crippen LogP contribution in [0, 0.1) is 13.8 Å². The highest BCUT2D eigenvalue weighted by molar-refractivity contribution is 5.56. The maximum Gasteiger partial charge on any atom is 0.118 e. The lowest BCUT2D eigenvalue weighted by molar-refractivity contribution is -0.924. The standard InChI is InChI=1S/C23H32N2O/c1-18-6-5-7-23(20(18)3)25-16-14-24(15-17-25)19(2)8-9-21-10-12-22(26-4)13-11-21/h5-7,10-13,19H,8-9,14-17H2,1-4H3/p+1/t19-/m1/s1. The normalized spacial score (nSPS) is 16.5. The fraction of sp³-hybridized carbons (Fsp3) is 0.478. The molecule has 3 rings (SSSR count). The van der Waals surface area contributed by atoms with Gasteiger partial charge < -0.3 is 14.5 Å². The summed E-state index contributed by atoms with van der Waals surface area (Å²) in [5.41, 5.74) is 5.66. The zero-order chi connectivity index (χ0) is 18.5. The summed E-state index contributed by atoms with van der Waals surface area (Å²) in [6.45, 7) is 11.7. The van der Waals surface area contributed by atoms with Crippen LogP contribution < -0.4 is 14.5 Å². The van der Waals surface area contributed by atoms with Crippen molar-refractivity contribution in [2.45, 2.75) is 39.7 Å². The van der Waals surface area contributed by atoms with Crippen LogP contribution in [0.5, 0.6) is 5.75 Å². The Hall–Kier alpha value is -2.00. The van der Waals surface area contributed by atoms with Gasteiger partial charge in [0.1, 0.15) is 5.75 Å². The van der Waals surface area contributed by atoms with Crippen LogP contribution in [0.1, 0.15) is 30.0 Å². The number of anilines is 1. The zero-order valence-corrected chi connectivity index (χ0v) is 16.7. The van der Waals surface area contributed by atoms with E-state index >= 15 is 0 Å². The summed E-state index contributed by atoms with van der Waals surface area (Å²) >= 11 is 0. The maximum absolute atomic E-state index is 5.24. The molecule has 1 aliphatic rings. The van der Waals surface area contributed by atoms with Gasteiger partial charge in [-0.15, -0.1) is 0 Å². The molecule has 0 spiro atoms. The van der Waals surface area contributed by atoms with Gasteiger partial charge in [-0.05, 0) is 62.1 Å². The topological polar surface area (TPSA) is 16.9 Å². The number of rotatable bonds is 6. The molecule has 0 amide bonds. The number of piperazine rings is 1. The molecule has 140 valence electrons. The molecular formula is C23H33N2O+. The number of benzene rings is 2. The van der Waals surface area contributed by atoms with Crippen molar-refractivity contribution in [1.29, 1.82) is 0 Å². The first-order valence-corrected chi connectivity index (χ1v) is 9.87. The molecule has 0 aromatic heterocycles. The number of nitrogens with zero attached hydrogens (tertiary/aromatic N) is 1. The largest absolute Gasteiger partial charge is 0.497 e. The fourth-order valence-electron chi connectivity index (χ4n) is 3.99. The Morgan fingerprint density at radius 1 is 1.04 bits per heavy atom. The van der Waals surface area contributed by atoms with Gasteiger partial charge in [0.15, 0.2) is 0 Å². The van der Waals surface area contributed by atoms with E-state index in [1.807, 2.05) is 0 Å². The van der Waals surface area contributed by atoms with Crippen LogP contribution >= 0.6 is 0 Å². The fourth-order valence-corrected chi connectivity index (χ4v) is 3.99. The molecule has 0 unspecified atom stereocenters. The number of aryl methyl sites for hydroxylation is 2. The first kappa shape index (κ1) is 18.8. The molecule has 2 aromatic rings. The minimum atomic E-state index is 0.706. The Balaban J connectivity index is 1.50. The summed E-state index contributed by atoms with van der Waals surface area (Å²) in [6.07, 6.45) is 2.39. The van der Waals surface area contributed by atoms with Crippen molar-refractivity contribution in [3.05, 3.63) is 59.2 Å². The van der Waals surface area contributed by atoms with Gasteiger partial charge in [-0.25, -0.2) is 0 Å². The van der Waals surface area contributed by atoms with Crippen LogP contribution in [0.3, 0.4) is 0 Å². The van der Waals surface area contributed by atoms with Gasteiger partial charge in [0, 0.05) is 12.1 Å². The Bertz CT molecular complexity index is 703. The molecular weight excluding hydrogens is 320 g/mol. The molecule has 1 fully saturated rings. The molecule has 1 saturated heterocycles. The monoisotopic (exact) mass is 353 g/mol. The summed E-state index contributed by atoms with van der Waals surface area (Å²) in [4.78, 5) is 4.32. The zero-order valence-electron chi connectivity index (χ0n) is 16.7. The van der Waals surface area contributed by atoms with Crippen LogP contribution in [-0.4, -0.2) is 39.3 Å².